The molecule has 5 heteroatoms. The van der Waals surface area contributed by atoms with Crippen molar-refractivity contribution in [3.8, 4) is 0 Å². The molecule has 1 amide bonds. The maximum atomic E-state index is 12.2. The molecule has 1 aromatic heterocycles. The normalized spacial score (nSPS) is 19.4. The average Bonchev–Trinajstić information content (AvgIpc) is 2.76. The Balaban J connectivity index is 1.99. The van der Waals surface area contributed by atoms with Crippen LogP contribution in [-0.2, 0) is 0 Å². The highest BCUT2D eigenvalue weighted by Crippen LogP contribution is 2.26. The minimum Gasteiger partial charge on any atom is -0.338 e. The van der Waals surface area contributed by atoms with Crippen molar-refractivity contribution in [2.45, 2.75) is 25.3 Å². The first-order chi connectivity index (χ1) is 8.04. The maximum Gasteiger partial charge on any atom is 0.263 e. The zero-order chi connectivity index (χ0) is 12.5. The van der Waals surface area contributed by atoms with Gasteiger partial charge >= 0.3 is 0 Å². The van der Waals surface area contributed by atoms with E-state index in [0.29, 0.717) is 0 Å². The number of nitrogens with one attached hydrogen (secondary N) is 1. The van der Waals surface area contributed by atoms with Gasteiger partial charge in [-0.2, -0.15) is 0 Å². The van der Waals surface area contributed by atoms with Crippen LogP contribution in [0.15, 0.2) is 15.9 Å². The van der Waals surface area contributed by atoms with Crippen molar-refractivity contribution in [3.63, 3.8) is 0 Å². The van der Waals surface area contributed by atoms with E-state index in [1.165, 1.54) is 11.3 Å². The molecule has 2 rings (SSSR count). The van der Waals surface area contributed by atoms with E-state index in [4.69, 9.17) is 0 Å². The van der Waals surface area contributed by atoms with Crippen molar-refractivity contribution in [2.75, 3.05) is 20.1 Å². The van der Waals surface area contributed by atoms with Crippen LogP contribution >= 0.6 is 27.3 Å². The summed E-state index contributed by atoms with van der Waals surface area (Å²) in [5, 5.41) is 3.34. The van der Waals surface area contributed by atoms with Gasteiger partial charge in [-0.1, -0.05) is 0 Å². The highest BCUT2D eigenvalue weighted by Gasteiger charge is 2.30. The number of rotatable bonds is 2. The highest BCUT2D eigenvalue weighted by atomic mass is 79.9. The molecular weight excluding hydrogens is 300 g/mol. The molecule has 1 aliphatic rings. The number of carbonyl (C=O) groups is 1. The van der Waals surface area contributed by atoms with Gasteiger partial charge in [0, 0.05) is 18.6 Å². The van der Waals surface area contributed by atoms with E-state index in [2.05, 4.69) is 28.2 Å². The van der Waals surface area contributed by atoms with Crippen LogP contribution in [0.2, 0.25) is 0 Å². The SMILES string of the molecule is CNC1(C)CCN(C(=O)c2ccc(Br)s2)CC1. The van der Waals surface area contributed by atoms with Crippen LogP contribution in [0.1, 0.15) is 29.4 Å². The van der Waals surface area contributed by atoms with Crippen LogP contribution in [0.3, 0.4) is 0 Å². The molecule has 94 valence electrons. The molecule has 3 nitrogen and oxygen atoms in total. The van der Waals surface area contributed by atoms with Gasteiger partial charge in [-0.05, 0) is 54.9 Å². The number of hydrogen-bond donors (Lipinski definition) is 1. The molecule has 1 fully saturated rings. The number of carbonyl (C=O) groups excluding carboxylic acids is 1. The Kier molecular flexibility index (Phi) is 3.90. The summed E-state index contributed by atoms with van der Waals surface area (Å²) in [4.78, 5) is 15.0. The number of amides is 1. The minimum absolute atomic E-state index is 0.166. The molecule has 17 heavy (non-hydrogen) atoms. The minimum atomic E-state index is 0.166. The molecule has 0 bridgehead atoms. The Hall–Kier alpha value is -0.390. The van der Waals surface area contributed by atoms with E-state index < -0.39 is 0 Å². The number of likely N-dealkylation sites (tertiary alicyclic amines) is 1. The topological polar surface area (TPSA) is 32.3 Å². The molecule has 0 radical (unpaired) electrons. The number of thiophene rings is 1. The monoisotopic (exact) mass is 316 g/mol. The van der Waals surface area contributed by atoms with Crippen molar-refractivity contribution in [1.82, 2.24) is 10.2 Å². The fourth-order valence-electron chi connectivity index (χ4n) is 2.04. The quantitative estimate of drug-likeness (QED) is 0.910. The molecule has 0 atom stereocenters. The van der Waals surface area contributed by atoms with Gasteiger partial charge in [0.1, 0.15) is 0 Å². The molecule has 1 N–H and O–H groups in total. The Morgan fingerprint density at radius 3 is 2.59 bits per heavy atom. The summed E-state index contributed by atoms with van der Waals surface area (Å²) >= 11 is 4.90. The number of halogens is 1. The second kappa shape index (κ2) is 5.08. The molecule has 1 saturated heterocycles. The van der Waals surface area contributed by atoms with Gasteiger partial charge in [0.2, 0.25) is 0 Å². The van der Waals surface area contributed by atoms with Crippen LogP contribution in [0.4, 0.5) is 0 Å². The first-order valence-corrected chi connectivity index (χ1v) is 7.38. The lowest BCUT2D eigenvalue weighted by molar-refractivity contribution is 0.0666. The lowest BCUT2D eigenvalue weighted by Crippen LogP contribution is -2.51. The summed E-state index contributed by atoms with van der Waals surface area (Å²) in [7, 11) is 1.99. The molecule has 0 spiro atoms. The van der Waals surface area contributed by atoms with E-state index in [0.717, 1.165) is 34.6 Å². The first-order valence-electron chi connectivity index (χ1n) is 5.78. The largest absolute Gasteiger partial charge is 0.338 e. The van der Waals surface area contributed by atoms with Crippen LogP contribution in [0.25, 0.3) is 0 Å². The zero-order valence-corrected chi connectivity index (χ0v) is 12.5. The zero-order valence-electron chi connectivity index (χ0n) is 10.1. The van der Waals surface area contributed by atoms with Gasteiger partial charge in [-0.25, -0.2) is 0 Å². The van der Waals surface area contributed by atoms with E-state index in [1.807, 2.05) is 24.1 Å². The Morgan fingerprint density at radius 2 is 2.12 bits per heavy atom. The van der Waals surface area contributed by atoms with Crippen molar-refractivity contribution >= 4 is 33.2 Å². The van der Waals surface area contributed by atoms with Crippen molar-refractivity contribution in [1.29, 1.82) is 0 Å². The van der Waals surface area contributed by atoms with Gasteiger partial charge in [-0.3, -0.25) is 4.79 Å². The summed E-state index contributed by atoms with van der Waals surface area (Å²) in [5.74, 6) is 0.166. The standard InChI is InChI=1S/C12H17BrN2OS/c1-12(14-2)5-7-15(8-6-12)11(16)9-3-4-10(13)17-9/h3-4,14H,5-8H2,1-2H3. The molecule has 0 unspecified atom stereocenters. The first kappa shape index (κ1) is 13.1. The molecule has 2 heterocycles. The third-order valence-electron chi connectivity index (χ3n) is 3.54. The van der Waals surface area contributed by atoms with E-state index in [-0.39, 0.29) is 11.4 Å². The highest BCUT2D eigenvalue weighted by molar-refractivity contribution is 9.11. The second-order valence-corrected chi connectivity index (χ2v) is 7.17. The van der Waals surface area contributed by atoms with Crippen molar-refractivity contribution in [2.24, 2.45) is 0 Å². The Bertz CT molecular complexity index is 410. The van der Waals surface area contributed by atoms with E-state index in [9.17, 15) is 4.79 Å². The number of nitrogens with zero attached hydrogens (tertiary/aromatic N) is 1. The summed E-state index contributed by atoms with van der Waals surface area (Å²) in [5.41, 5.74) is 0.187. The van der Waals surface area contributed by atoms with Crippen LogP contribution < -0.4 is 5.32 Å². The lowest BCUT2D eigenvalue weighted by Gasteiger charge is -2.39. The third kappa shape index (κ3) is 2.89. The smallest absolute Gasteiger partial charge is 0.263 e. The fraction of sp³-hybridized carbons (Fsp3) is 0.583. The number of piperidine rings is 1. The maximum absolute atomic E-state index is 12.2. The van der Waals surface area contributed by atoms with Crippen molar-refractivity contribution < 1.29 is 4.79 Å². The van der Waals surface area contributed by atoms with Gasteiger partial charge in [0.25, 0.3) is 5.91 Å². The molecule has 1 aromatic rings. The lowest BCUT2D eigenvalue weighted by atomic mass is 9.90. The summed E-state index contributed by atoms with van der Waals surface area (Å²) in [6.07, 6.45) is 2.03. The number of hydrogen-bond acceptors (Lipinski definition) is 3. The van der Waals surface area contributed by atoms with Crippen LogP contribution in [0, 0.1) is 0 Å². The molecule has 0 aromatic carbocycles. The predicted octanol–water partition coefficient (Wildman–Crippen LogP) is 2.72. The third-order valence-corrected chi connectivity index (χ3v) is 5.15. The summed E-state index contributed by atoms with van der Waals surface area (Å²) < 4.78 is 1.01. The molecule has 0 saturated carbocycles. The van der Waals surface area contributed by atoms with Crippen LogP contribution in [-0.4, -0.2) is 36.5 Å². The summed E-state index contributed by atoms with van der Waals surface area (Å²) in [6, 6.07) is 3.82. The predicted molar refractivity (Wildman–Crippen MR) is 74.6 cm³/mol. The van der Waals surface area contributed by atoms with E-state index in [1.54, 1.807) is 0 Å². The fourth-order valence-corrected chi connectivity index (χ4v) is 3.39. The molecular formula is C12H17BrN2OS. The van der Waals surface area contributed by atoms with Crippen LogP contribution in [0.5, 0.6) is 0 Å². The molecule has 1 aliphatic heterocycles. The van der Waals surface area contributed by atoms with Gasteiger partial charge in [0.15, 0.2) is 0 Å². The van der Waals surface area contributed by atoms with Gasteiger partial charge in [-0.15, -0.1) is 11.3 Å². The van der Waals surface area contributed by atoms with Gasteiger partial charge < -0.3 is 10.2 Å². The van der Waals surface area contributed by atoms with Gasteiger partial charge in [0.05, 0.1) is 8.66 Å². The Labute approximate surface area is 114 Å². The average molecular weight is 317 g/mol. The van der Waals surface area contributed by atoms with Crippen molar-refractivity contribution in [3.05, 3.63) is 20.8 Å². The molecule has 0 aliphatic carbocycles. The second-order valence-electron chi connectivity index (χ2n) is 4.71. The summed E-state index contributed by atoms with van der Waals surface area (Å²) in [6.45, 7) is 3.90. The Morgan fingerprint density at radius 1 is 1.47 bits per heavy atom. The van der Waals surface area contributed by atoms with E-state index >= 15 is 0 Å².